The first-order valence-electron chi connectivity index (χ1n) is 9.47. The van der Waals surface area contributed by atoms with Gasteiger partial charge >= 0.3 is 0 Å². The molecule has 0 saturated carbocycles. The highest BCUT2D eigenvalue weighted by molar-refractivity contribution is 7.89. The van der Waals surface area contributed by atoms with Crippen molar-refractivity contribution in [3.63, 3.8) is 0 Å². The molecule has 0 aromatic heterocycles. The highest BCUT2D eigenvalue weighted by Gasteiger charge is 2.29. The predicted molar refractivity (Wildman–Crippen MR) is 110 cm³/mol. The first-order chi connectivity index (χ1) is 13.8. The van der Waals surface area contributed by atoms with Gasteiger partial charge in [-0.1, -0.05) is 24.3 Å². The lowest BCUT2D eigenvalue weighted by atomic mass is 10.1. The van der Waals surface area contributed by atoms with Gasteiger partial charge in [-0.15, -0.1) is 0 Å². The SMILES string of the molecule is Cc1ccc(C(=O)NCC(=O)N2CCN(S(=O)(=O)c3ccccc3)CC2)cc1C. The molecule has 2 amide bonds. The van der Waals surface area contributed by atoms with Crippen LogP contribution in [0.4, 0.5) is 0 Å². The lowest BCUT2D eigenvalue weighted by molar-refractivity contribution is -0.131. The standard InChI is InChI=1S/C21H25N3O4S/c1-16-8-9-18(14-17(16)2)21(26)22-15-20(25)23-10-12-24(13-11-23)29(27,28)19-6-4-3-5-7-19/h3-9,14H,10-13,15H2,1-2H3,(H,22,26). The summed E-state index contributed by atoms with van der Waals surface area (Å²) >= 11 is 0. The van der Waals surface area contributed by atoms with E-state index in [1.807, 2.05) is 19.9 Å². The highest BCUT2D eigenvalue weighted by Crippen LogP contribution is 2.17. The van der Waals surface area contributed by atoms with Gasteiger partial charge in [0.05, 0.1) is 11.4 Å². The summed E-state index contributed by atoms with van der Waals surface area (Å²) in [5, 5.41) is 2.65. The van der Waals surface area contributed by atoms with Crippen LogP contribution < -0.4 is 5.32 Å². The van der Waals surface area contributed by atoms with Gasteiger partial charge < -0.3 is 10.2 Å². The van der Waals surface area contributed by atoms with Crippen molar-refractivity contribution in [3.05, 3.63) is 65.2 Å². The lowest BCUT2D eigenvalue weighted by Crippen LogP contribution is -2.52. The molecule has 0 atom stereocenters. The summed E-state index contributed by atoms with van der Waals surface area (Å²) in [4.78, 5) is 26.5. The fourth-order valence-corrected chi connectivity index (χ4v) is 4.62. The van der Waals surface area contributed by atoms with Gasteiger partial charge in [0.15, 0.2) is 0 Å². The fraction of sp³-hybridized carbons (Fsp3) is 0.333. The molecule has 154 valence electrons. The Morgan fingerprint density at radius 1 is 0.931 bits per heavy atom. The number of aryl methyl sites for hydroxylation is 2. The zero-order chi connectivity index (χ0) is 21.0. The number of hydrogen-bond donors (Lipinski definition) is 1. The number of piperazine rings is 1. The van der Waals surface area contributed by atoms with Crippen molar-refractivity contribution in [3.8, 4) is 0 Å². The Kier molecular flexibility index (Phi) is 6.34. The molecule has 1 aliphatic heterocycles. The van der Waals surface area contributed by atoms with Crippen molar-refractivity contribution < 1.29 is 18.0 Å². The van der Waals surface area contributed by atoms with E-state index in [9.17, 15) is 18.0 Å². The number of hydrogen-bond acceptors (Lipinski definition) is 4. The zero-order valence-corrected chi connectivity index (χ0v) is 17.4. The smallest absolute Gasteiger partial charge is 0.251 e. The van der Waals surface area contributed by atoms with Crippen LogP contribution in [0.3, 0.4) is 0 Å². The third-order valence-corrected chi connectivity index (χ3v) is 7.05. The van der Waals surface area contributed by atoms with Crippen molar-refractivity contribution in [1.82, 2.24) is 14.5 Å². The van der Waals surface area contributed by atoms with Crippen molar-refractivity contribution in [2.75, 3.05) is 32.7 Å². The van der Waals surface area contributed by atoms with Gasteiger partial charge in [0.2, 0.25) is 15.9 Å². The Morgan fingerprint density at radius 3 is 2.21 bits per heavy atom. The predicted octanol–water partition coefficient (Wildman–Crippen LogP) is 1.57. The fourth-order valence-electron chi connectivity index (χ4n) is 3.17. The van der Waals surface area contributed by atoms with Gasteiger partial charge in [-0.3, -0.25) is 9.59 Å². The second-order valence-corrected chi connectivity index (χ2v) is 9.02. The molecule has 3 rings (SSSR count). The van der Waals surface area contributed by atoms with Crippen molar-refractivity contribution in [1.29, 1.82) is 0 Å². The van der Waals surface area contributed by atoms with Crippen LogP contribution in [0.25, 0.3) is 0 Å². The first kappa shape index (κ1) is 21.0. The Balaban J connectivity index is 1.52. The van der Waals surface area contributed by atoms with E-state index < -0.39 is 10.0 Å². The minimum absolute atomic E-state index is 0.114. The average Bonchev–Trinajstić information content (AvgIpc) is 2.74. The number of carbonyl (C=O) groups is 2. The zero-order valence-electron chi connectivity index (χ0n) is 16.6. The van der Waals surface area contributed by atoms with Crippen molar-refractivity contribution in [2.45, 2.75) is 18.7 Å². The molecule has 2 aromatic carbocycles. The second kappa shape index (κ2) is 8.75. The molecule has 1 N–H and O–H groups in total. The largest absolute Gasteiger partial charge is 0.343 e. The maximum Gasteiger partial charge on any atom is 0.251 e. The van der Waals surface area contributed by atoms with Gasteiger partial charge in [-0.2, -0.15) is 4.31 Å². The molecule has 0 spiro atoms. The van der Waals surface area contributed by atoms with Gasteiger partial charge in [0.1, 0.15) is 0 Å². The molecule has 0 unspecified atom stereocenters. The molecule has 1 saturated heterocycles. The van der Waals surface area contributed by atoms with E-state index in [0.717, 1.165) is 11.1 Å². The van der Waals surface area contributed by atoms with E-state index in [4.69, 9.17) is 0 Å². The Bertz CT molecular complexity index is 998. The summed E-state index contributed by atoms with van der Waals surface area (Å²) in [6.07, 6.45) is 0. The third-order valence-electron chi connectivity index (χ3n) is 5.14. The summed E-state index contributed by atoms with van der Waals surface area (Å²) < 4.78 is 26.7. The van der Waals surface area contributed by atoms with Gasteiger partial charge in [0, 0.05) is 31.7 Å². The monoisotopic (exact) mass is 415 g/mol. The summed E-state index contributed by atoms with van der Waals surface area (Å²) in [7, 11) is -3.55. The molecule has 1 aliphatic rings. The number of benzene rings is 2. The number of nitrogens with zero attached hydrogens (tertiary/aromatic N) is 2. The molecular formula is C21H25N3O4S. The number of sulfonamides is 1. The molecule has 2 aromatic rings. The van der Waals surface area contributed by atoms with E-state index in [-0.39, 0.29) is 36.3 Å². The normalized spacial score (nSPS) is 15.2. The first-order valence-corrected chi connectivity index (χ1v) is 10.9. The quantitative estimate of drug-likeness (QED) is 0.803. The number of rotatable bonds is 5. The van der Waals surface area contributed by atoms with Crippen LogP contribution in [0.5, 0.6) is 0 Å². The van der Waals surface area contributed by atoms with Gasteiger partial charge in [-0.25, -0.2) is 8.42 Å². The maximum atomic E-state index is 12.7. The Labute approximate surface area is 171 Å². The van der Waals surface area contributed by atoms with Gasteiger partial charge in [0.25, 0.3) is 5.91 Å². The molecule has 8 heteroatoms. The molecule has 0 bridgehead atoms. The summed E-state index contributed by atoms with van der Waals surface area (Å²) in [5.41, 5.74) is 2.63. The summed E-state index contributed by atoms with van der Waals surface area (Å²) in [5.74, 6) is -0.523. The maximum absolute atomic E-state index is 12.7. The summed E-state index contributed by atoms with van der Waals surface area (Å²) in [6.45, 7) is 4.84. The van der Waals surface area contributed by atoms with Crippen LogP contribution in [0, 0.1) is 13.8 Å². The van der Waals surface area contributed by atoms with Crippen LogP contribution in [0.2, 0.25) is 0 Å². The molecular weight excluding hydrogens is 390 g/mol. The van der Waals surface area contributed by atoms with Crippen molar-refractivity contribution >= 4 is 21.8 Å². The topological polar surface area (TPSA) is 86.8 Å². The number of carbonyl (C=O) groups excluding carboxylic acids is 2. The minimum atomic E-state index is -3.55. The number of amides is 2. The molecule has 0 radical (unpaired) electrons. The second-order valence-electron chi connectivity index (χ2n) is 7.08. The van der Waals surface area contributed by atoms with Crippen LogP contribution in [0.15, 0.2) is 53.4 Å². The molecule has 29 heavy (non-hydrogen) atoms. The van der Waals surface area contributed by atoms with Crippen LogP contribution in [0.1, 0.15) is 21.5 Å². The van der Waals surface area contributed by atoms with E-state index >= 15 is 0 Å². The van der Waals surface area contributed by atoms with E-state index in [1.165, 1.54) is 4.31 Å². The molecule has 1 heterocycles. The minimum Gasteiger partial charge on any atom is -0.343 e. The van der Waals surface area contributed by atoms with Crippen LogP contribution in [-0.2, 0) is 14.8 Å². The van der Waals surface area contributed by atoms with Gasteiger partial charge in [-0.05, 0) is 49.2 Å². The average molecular weight is 416 g/mol. The van der Waals surface area contributed by atoms with Crippen molar-refractivity contribution in [2.24, 2.45) is 0 Å². The van der Waals surface area contributed by atoms with E-state index in [2.05, 4.69) is 5.32 Å². The van der Waals surface area contributed by atoms with Crippen LogP contribution >= 0.6 is 0 Å². The Hall–Kier alpha value is -2.71. The molecule has 0 aliphatic carbocycles. The number of nitrogens with one attached hydrogen (secondary N) is 1. The molecule has 1 fully saturated rings. The van der Waals surface area contributed by atoms with E-state index in [1.54, 1.807) is 47.4 Å². The lowest BCUT2D eigenvalue weighted by Gasteiger charge is -2.34. The Morgan fingerprint density at radius 2 is 1.59 bits per heavy atom. The highest BCUT2D eigenvalue weighted by atomic mass is 32.2. The van der Waals surface area contributed by atoms with E-state index in [0.29, 0.717) is 18.7 Å². The van der Waals surface area contributed by atoms with Crippen LogP contribution in [-0.4, -0.2) is 62.2 Å². The molecule has 7 nitrogen and oxygen atoms in total. The summed E-state index contributed by atoms with van der Waals surface area (Å²) in [6, 6.07) is 13.7. The third kappa shape index (κ3) is 4.83.